The van der Waals surface area contributed by atoms with Crippen LogP contribution in [0.25, 0.3) is 4.96 Å². The molecule has 1 aliphatic rings. The number of thioether (sulfide) groups is 1. The lowest BCUT2D eigenvalue weighted by Crippen LogP contribution is -2.43. The average Bonchev–Trinajstić information content (AvgIpc) is 2.86. The van der Waals surface area contributed by atoms with Crippen molar-refractivity contribution in [2.24, 2.45) is 5.73 Å². The van der Waals surface area contributed by atoms with Crippen molar-refractivity contribution in [2.45, 2.75) is 25.1 Å². The zero-order valence-electron chi connectivity index (χ0n) is 10.7. The smallest absolute Gasteiger partial charge is 0.195 e. The molecule has 0 bridgehead atoms. The second-order valence-electron chi connectivity index (χ2n) is 5.17. The Balaban J connectivity index is 2.00. The van der Waals surface area contributed by atoms with E-state index in [0.29, 0.717) is 11.3 Å². The largest absolute Gasteiger partial charge is 0.353 e. The van der Waals surface area contributed by atoms with E-state index in [1.165, 1.54) is 0 Å². The number of fused-ring (bicyclic) bond motifs is 1. The van der Waals surface area contributed by atoms with Crippen LogP contribution in [-0.2, 0) is 6.54 Å². The highest BCUT2D eigenvalue weighted by Gasteiger charge is 2.29. The van der Waals surface area contributed by atoms with E-state index in [4.69, 9.17) is 10.7 Å². The van der Waals surface area contributed by atoms with Crippen LogP contribution in [0.15, 0.2) is 11.6 Å². The minimum absolute atomic E-state index is 0.293. The second-order valence-corrected chi connectivity index (χ2v) is 7.85. The SMILES string of the molecule is CC1(C)CN(c2nc3sccn3c2CN)CCS1. The van der Waals surface area contributed by atoms with Gasteiger partial charge in [-0.2, -0.15) is 11.8 Å². The van der Waals surface area contributed by atoms with Gasteiger partial charge in [-0.15, -0.1) is 11.3 Å². The van der Waals surface area contributed by atoms with Crippen LogP contribution >= 0.6 is 23.1 Å². The Labute approximate surface area is 115 Å². The number of rotatable bonds is 2. The maximum absolute atomic E-state index is 5.91. The summed E-state index contributed by atoms with van der Waals surface area (Å²) in [5.41, 5.74) is 7.04. The second kappa shape index (κ2) is 4.43. The van der Waals surface area contributed by atoms with Crippen molar-refractivity contribution in [3.8, 4) is 0 Å². The molecule has 1 fully saturated rings. The summed E-state index contributed by atoms with van der Waals surface area (Å²) in [7, 11) is 0. The molecule has 6 heteroatoms. The lowest BCUT2D eigenvalue weighted by molar-refractivity contribution is 0.641. The van der Waals surface area contributed by atoms with Crippen LogP contribution in [-0.4, -0.2) is 33.0 Å². The number of hydrogen-bond acceptors (Lipinski definition) is 5. The molecule has 2 N–H and O–H groups in total. The zero-order valence-corrected chi connectivity index (χ0v) is 12.4. The first kappa shape index (κ1) is 12.3. The maximum atomic E-state index is 5.91. The predicted octanol–water partition coefficient (Wildman–Crippen LogP) is 2.19. The molecule has 3 heterocycles. The summed E-state index contributed by atoms with van der Waals surface area (Å²) in [6, 6.07) is 0. The Bertz CT molecular complexity index is 557. The van der Waals surface area contributed by atoms with Crippen molar-refractivity contribution in [3.63, 3.8) is 0 Å². The van der Waals surface area contributed by atoms with Crippen molar-refractivity contribution < 1.29 is 0 Å². The minimum Gasteiger partial charge on any atom is -0.353 e. The summed E-state index contributed by atoms with van der Waals surface area (Å²) in [6.45, 7) is 7.23. The molecule has 0 aliphatic carbocycles. The summed E-state index contributed by atoms with van der Waals surface area (Å²) >= 11 is 3.70. The highest BCUT2D eigenvalue weighted by atomic mass is 32.2. The normalized spacial score (nSPS) is 19.6. The zero-order chi connectivity index (χ0) is 12.8. The molecule has 0 spiro atoms. The summed E-state index contributed by atoms with van der Waals surface area (Å²) in [5, 5.41) is 2.06. The van der Waals surface area contributed by atoms with Crippen LogP contribution in [0, 0.1) is 0 Å². The van der Waals surface area contributed by atoms with Gasteiger partial charge in [0.1, 0.15) is 0 Å². The Kier molecular flexibility index (Phi) is 3.03. The fraction of sp³-hybridized carbons (Fsp3) is 0.583. The third-order valence-corrected chi connectivity index (χ3v) is 5.31. The molecular formula is C12H18N4S2. The molecule has 2 aromatic rings. The quantitative estimate of drug-likeness (QED) is 0.917. The van der Waals surface area contributed by atoms with Crippen LogP contribution in [0.5, 0.6) is 0 Å². The van der Waals surface area contributed by atoms with E-state index in [-0.39, 0.29) is 0 Å². The third kappa shape index (κ3) is 2.02. The molecule has 98 valence electrons. The number of nitrogens with zero attached hydrogens (tertiary/aromatic N) is 3. The Morgan fingerprint density at radius 3 is 3.06 bits per heavy atom. The molecule has 1 saturated heterocycles. The van der Waals surface area contributed by atoms with Crippen LogP contribution in [0.1, 0.15) is 19.5 Å². The van der Waals surface area contributed by atoms with Gasteiger partial charge in [-0.1, -0.05) is 0 Å². The van der Waals surface area contributed by atoms with E-state index in [1.807, 2.05) is 11.8 Å². The number of imidazole rings is 1. The molecule has 0 atom stereocenters. The van der Waals surface area contributed by atoms with Gasteiger partial charge < -0.3 is 10.6 Å². The maximum Gasteiger partial charge on any atom is 0.195 e. The highest BCUT2D eigenvalue weighted by molar-refractivity contribution is 8.00. The van der Waals surface area contributed by atoms with E-state index in [0.717, 1.165) is 35.3 Å². The first-order valence-electron chi connectivity index (χ1n) is 6.14. The van der Waals surface area contributed by atoms with Gasteiger partial charge in [-0.05, 0) is 13.8 Å². The van der Waals surface area contributed by atoms with Gasteiger partial charge in [-0.25, -0.2) is 4.98 Å². The first-order valence-corrected chi connectivity index (χ1v) is 8.01. The van der Waals surface area contributed by atoms with Gasteiger partial charge >= 0.3 is 0 Å². The minimum atomic E-state index is 0.293. The fourth-order valence-corrected chi connectivity index (χ4v) is 4.30. The van der Waals surface area contributed by atoms with Crippen LogP contribution in [0.4, 0.5) is 5.82 Å². The number of aromatic nitrogens is 2. The molecule has 0 aromatic carbocycles. The molecule has 1 aliphatic heterocycles. The van der Waals surface area contributed by atoms with Crippen molar-refractivity contribution in [3.05, 3.63) is 17.3 Å². The molecule has 0 radical (unpaired) electrons. The molecule has 0 unspecified atom stereocenters. The first-order chi connectivity index (χ1) is 8.61. The van der Waals surface area contributed by atoms with E-state index in [1.54, 1.807) is 11.3 Å². The number of thiazole rings is 1. The molecule has 3 rings (SSSR count). The molecule has 0 amide bonds. The molecular weight excluding hydrogens is 264 g/mol. The van der Waals surface area contributed by atoms with E-state index >= 15 is 0 Å². The van der Waals surface area contributed by atoms with Gasteiger partial charge in [-0.3, -0.25) is 4.40 Å². The summed E-state index contributed by atoms with van der Waals surface area (Å²) < 4.78 is 2.41. The van der Waals surface area contributed by atoms with Gasteiger partial charge in [0.25, 0.3) is 0 Å². The average molecular weight is 282 g/mol. The Morgan fingerprint density at radius 2 is 2.33 bits per heavy atom. The van der Waals surface area contributed by atoms with Gasteiger partial charge in [0, 0.05) is 41.7 Å². The molecule has 0 saturated carbocycles. The number of nitrogens with two attached hydrogens (primary N) is 1. The predicted molar refractivity (Wildman–Crippen MR) is 79.7 cm³/mol. The summed E-state index contributed by atoms with van der Waals surface area (Å²) in [6.07, 6.45) is 2.06. The monoisotopic (exact) mass is 282 g/mol. The molecule has 18 heavy (non-hydrogen) atoms. The molecule has 2 aromatic heterocycles. The third-order valence-electron chi connectivity index (χ3n) is 3.26. The van der Waals surface area contributed by atoms with Crippen molar-refractivity contribution in [2.75, 3.05) is 23.7 Å². The van der Waals surface area contributed by atoms with Crippen molar-refractivity contribution in [1.82, 2.24) is 9.38 Å². The number of anilines is 1. The van der Waals surface area contributed by atoms with Gasteiger partial charge in [0.2, 0.25) is 0 Å². The van der Waals surface area contributed by atoms with Crippen LogP contribution < -0.4 is 10.6 Å². The van der Waals surface area contributed by atoms with Crippen molar-refractivity contribution in [1.29, 1.82) is 0 Å². The topological polar surface area (TPSA) is 46.6 Å². The van der Waals surface area contributed by atoms with Gasteiger partial charge in [0.15, 0.2) is 10.8 Å². The standard InChI is InChI=1S/C12H18N4S2/c1-12(2)8-15(3-6-18-12)10-9(7-13)16-4-5-17-11(16)14-10/h4-5H,3,6-8,13H2,1-2H3. The number of hydrogen-bond donors (Lipinski definition) is 1. The summed E-state index contributed by atoms with van der Waals surface area (Å²) in [5.74, 6) is 2.24. The van der Waals surface area contributed by atoms with Crippen LogP contribution in [0.2, 0.25) is 0 Å². The molecule has 4 nitrogen and oxygen atoms in total. The Hall–Kier alpha value is -0.720. The lowest BCUT2D eigenvalue weighted by atomic mass is 10.2. The summed E-state index contributed by atoms with van der Waals surface area (Å²) in [4.78, 5) is 8.18. The van der Waals surface area contributed by atoms with E-state index < -0.39 is 0 Å². The lowest BCUT2D eigenvalue weighted by Gasteiger charge is -2.38. The Morgan fingerprint density at radius 1 is 1.50 bits per heavy atom. The van der Waals surface area contributed by atoms with E-state index in [2.05, 4.69) is 34.7 Å². The van der Waals surface area contributed by atoms with Crippen LogP contribution in [0.3, 0.4) is 0 Å². The van der Waals surface area contributed by atoms with Crippen molar-refractivity contribution >= 4 is 33.9 Å². The highest BCUT2D eigenvalue weighted by Crippen LogP contribution is 2.33. The van der Waals surface area contributed by atoms with E-state index in [9.17, 15) is 0 Å². The van der Waals surface area contributed by atoms with Gasteiger partial charge in [0.05, 0.1) is 5.69 Å². The fourth-order valence-electron chi connectivity index (χ4n) is 2.46.